The fraction of sp³-hybridized carbons (Fsp3) is 0.150. The molecule has 0 saturated carbocycles. The van der Waals surface area contributed by atoms with E-state index in [0.717, 1.165) is 5.56 Å². The molecule has 0 aliphatic heterocycles. The number of carbonyl (C=O) groups is 2. The first kappa shape index (κ1) is 19.4. The maximum absolute atomic E-state index is 12.6. The molecule has 3 rings (SSSR count). The monoisotopic (exact) mass is 397 g/mol. The summed E-state index contributed by atoms with van der Waals surface area (Å²) >= 11 is 1.31. The number of benzene rings is 2. The minimum Gasteiger partial charge on any atom is -0.493 e. The van der Waals surface area contributed by atoms with E-state index >= 15 is 0 Å². The van der Waals surface area contributed by atoms with Gasteiger partial charge < -0.3 is 20.5 Å². The average molecular weight is 397 g/mol. The van der Waals surface area contributed by atoms with Crippen molar-refractivity contribution >= 4 is 23.2 Å². The number of methoxy groups -OCH3 is 2. The minimum atomic E-state index is -0.931. The smallest absolute Gasteiger partial charge is 0.271 e. The zero-order valence-electron chi connectivity index (χ0n) is 15.3. The van der Waals surface area contributed by atoms with Gasteiger partial charge in [-0.15, -0.1) is 11.3 Å². The van der Waals surface area contributed by atoms with Crippen molar-refractivity contribution in [2.24, 2.45) is 5.73 Å². The van der Waals surface area contributed by atoms with Crippen LogP contribution in [-0.2, 0) is 4.79 Å². The summed E-state index contributed by atoms with van der Waals surface area (Å²) in [6, 6.07) is 13.3. The lowest BCUT2D eigenvalue weighted by Crippen LogP contribution is -2.37. The highest BCUT2D eigenvalue weighted by Gasteiger charge is 2.22. The van der Waals surface area contributed by atoms with Crippen LogP contribution in [0.15, 0.2) is 53.9 Å². The summed E-state index contributed by atoms with van der Waals surface area (Å²) in [7, 11) is 3.11. The summed E-state index contributed by atoms with van der Waals surface area (Å²) in [6.07, 6.45) is 0. The van der Waals surface area contributed by atoms with Crippen LogP contribution in [0.2, 0.25) is 0 Å². The van der Waals surface area contributed by atoms with Crippen molar-refractivity contribution in [2.45, 2.75) is 6.04 Å². The van der Waals surface area contributed by atoms with E-state index in [-0.39, 0.29) is 5.69 Å². The second-order valence-corrected chi connectivity index (χ2v) is 6.69. The Morgan fingerprint density at radius 1 is 1.07 bits per heavy atom. The lowest BCUT2D eigenvalue weighted by atomic mass is 10.1. The first-order chi connectivity index (χ1) is 13.5. The Morgan fingerprint density at radius 2 is 1.79 bits per heavy atom. The van der Waals surface area contributed by atoms with Crippen molar-refractivity contribution in [1.29, 1.82) is 0 Å². The van der Waals surface area contributed by atoms with Gasteiger partial charge in [0.15, 0.2) is 11.5 Å². The Morgan fingerprint density at radius 3 is 2.43 bits per heavy atom. The van der Waals surface area contributed by atoms with Gasteiger partial charge in [0.25, 0.3) is 5.91 Å². The van der Waals surface area contributed by atoms with E-state index < -0.39 is 17.9 Å². The van der Waals surface area contributed by atoms with Crippen molar-refractivity contribution in [2.75, 3.05) is 14.2 Å². The number of hydrogen-bond donors (Lipinski definition) is 2. The molecule has 0 spiro atoms. The molecular formula is C20H19N3O4S. The number of amides is 2. The van der Waals surface area contributed by atoms with Gasteiger partial charge in [0, 0.05) is 10.9 Å². The third-order valence-electron chi connectivity index (χ3n) is 4.06. The summed E-state index contributed by atoms with van der Waals surface area (Å²) in [4.78, 5) is 28.7. The van der Waals surface area contributed by atoms with Crippen LogP contribution in [0.25, 0.3) is 10.6 Å². The van der Waals surface area contributed by atoms with Crippen LogP contribution in [-0.4, -0.2) is 31.0 Å². The lowest BCUT2D eigenvalue weighted by Gasteiger charge is -2.15. The van der Waals surface area contributed by atoms with Gasteiger partial charge >= 0.3 is 0 Å². The van der Waals surface area contributed by atoms with Crippen molar-refractivity contribution in [3.63, 3.8) is 0 Å². The molecule has 3 N–H and O–H groups in total. The molecule has 144 valence electrons. The molecule has 0 bridgehead atoms. The molecule has 0 radical (unpaired) electrons. The molecule has 2 amide bonds. The maximum Gasteiger partial charge on any atom is 0.271 e. The van der Waals surface area contributed by atoms with Crippen molar-refractivity contribution in [3.05, 3.63) is 65.2 Å². The topological polar surface area (TPSA) is 104 Å². The second kappa shape index (κ2) is 8.53. The van der Waals surface area contributed by atoms with Crippen LogP contribution in [0.1, 0.15) is 22.1 Å². The maximum atomic E-state index is 12.6. The Kier molecular flexibility index (Phi) is 5.90. The number of hydrogen-bond acceptors (Lipinski definition) is 6. The number of primary amides is 1. The van der Waals surface area contributed by atoms with Crippen molar-refractivity contribution in [1.82, 2.24) is 10.3 Å². The number of thiazole rings is 1. The molecule has 7 nitrogen and oxygen atoms in total. The lowest BCUT2D eigenvalue weighted by molar-refractivity contribution is -0.120. The van der Waals surface area contributed by atoms with Crippen LogP contribution < -0.4 is 20.5 Å². The van der Waals surface area contributed by atoms with E-state index in [0.29, 0.717) is 22.1 Å². The Balaban J connectivity index is 1.81. The van der Waals surface area contributed by atoms with Crippen LogP contribution in [0, 0.1) is 0 Å². The Hall–Kier alpha value is -3.39. The van der Waals surface area contributed by atoms with Gasteiger partial charge in [0.2, 0.25) is 5.91 Å². The van der Waals surface area contributed by atoms with Gasteiger partial charge in [-0.1, -0.05) is 30.3 Å². The predicted molar refractivity (Wildman–Crippen MR) is 106 cm³/mol. The molecule has 8 heteroatoms. The second-order valence-electron chi connectivity index (χ2n) is 5.83. The SMILES string of the molecule is COc1ccc(-c2nc(C(=O)N[C@@H](C(N)=O)c3ccccc3)cs2)cc1OC. The molecule has 3 aromatic rings. The molecule has 0 fully saturated rings. The third-order valence-corrected chi connectivity index (χ3v) is 4.95. The normalized spacial score (nSPS) is 11.5. The van der Waals surface area contributed by atoms with Gasteiger partial charge in [-0.05, 0) is 23.8 Å². The van der Waals surface area contributed by atoms with E-state index in [1.807, 2.05) is 12.1 Å². The summed E-state index contributed by atoms with van der Waals surface area (Å²) in [5, 5.41) is 4.91. The van der Waals surface area contributed by atoms with Gasteiger partial charge in [0.1, 0.15) is 16.7 Å². The van der Waals surface area contributed by atoms with Gasteiger partial charge in [0.05, 0.1) is 14.2 Å². The van der Waals surface area contributed by atoms with Crippen LogP contribution in [0.3, 0.4) is 0 Å². The standard InChI is InChI=1S/C20H19N3O4S/c1-26-15-9-8-13(10-16(15)27-2)20-22-14(11-28-20)19(25)23-17(18(21)24)12-6-4-3-5-7-12/h3-11,17H,1-2H3,(H2,21,24)(H,23,25)/t17-/m1/s1. The number of rotatable bonds is 7. The zero-order valence-corrected chi connectivity index (χ0v) is 16.2. The fourth-order valence-electron chi connectivity index (χ4n) is 2.65. The van der Waals surface area contributed by atoms with Crippen LogP contribution in [0.5, 0.6) is 11.5 Å². The number of ether oxygens (including phenoxy) is 2. The molecule has 1 atom stereocenters. The first-order valence-corrected chi connectivity index (χ1v) is 9.24. The van der Waals surface area contributed by atoms with E-state index in [2.05, 4.69) is 10.3 Å². The van der Waals surface area contributed by atoms with E-state index in [1.54, 1.807) is 56.0 Å². The first-order valence-electron chi connectivity index (χ1n) is 8.36. The van der Waals surface area contributed by atoms with Gasteiger partial charge in [-0.3, -0.25) is 9.59 Å². The van der Waals surface area contributed by atoms with E-state index in [4.69, 9.17) is 15.2 Å². The Labute approximate surface area is 166 Å². The van der Waals surface area contributed by atoms with Crippen LogP contribution in [0.4, 0.5) is 0 Å². The summed E-state index contributed by atoms with van der Waals surface area (Å²) in [5.41, 5.74) is 7.06. The Bertz CT molecular complexity index is 988. The van der Waals surface area contributed by atoms with Crippen LogP contribution >= 0.6 is 11.3 Å². The highest BCUT2D eigenvalue weighted by Crippen LogP contribution is 2.33. The molecule has 0 aliphatic carbocycles. The van der Waals surface area contributed by atoms with E-state index in [9.17, 15) is 9.59 Å². The van der Waals surface area contributed by atoms with E-state index in [1.165, 1.54) is 11.3 Å². The molecule has 1 aromatic heterocycles. The molecule has 2 aromatic carbocycles. The molecule has 28 heavy (non-hydrogen) atoms. The molecule has 0 unspecified atom stereocenters. The highest BCUT2D eigenvalue weighted by molar-refractivity contribution is 7.13. The number of nitrogens with two attached hydrogens (primary N) is 1. The average Bonchev–Trinajstić information content (AvgIpc) is 3.22. The largest absolute Gasteiger partial charge is 0.493 e. The van der Waals surface area contributed by atoms with Gasteiger partial charge in [-0.25, -0.2) is 4.98 Å². The third kappa shape index (κ3) is 4.12. The number of carbonyl (C=O) groups excluding carboxylic acids is 2. The molecule has 0 aliphatic rings. The minimum absolute atomic E-state index is 0.206. The molecule has 0 saturated heterocycles. The molecule has 1 heterocycles. The summed E-state index contributed by atoms with van der Waals surface area (Å²) in [6.45, 7) is 0. The quantitative estimate of drug-likeness (QED) is 0.638. The van der Waals surface area contributed by atoms with Gasteiger partial charge in [-0.2, -0.15) is 0 Å². The predicted octanol–water partition coefficient (Wildman–Crippen LogP) is 2.78. The summed E-state index contributed by atoms with van der Waals surface area (Å²) < 4.78 is 10.5. The number of nitrogens with one attached hydrogen (secondary N) is 1. The van der Waals surface area contributed by atoms with Crippen molar-refractivity contribution < 1.29 is 19.1 Å². The fourth-order valence-corrected chi connectivity index (χ4v) is 3.45. The number of nitrogens with zero attached hydrogens (tertiary/aromatic N) is 1. The van der Waals surface area contributed by atoms with Crippen molar-refractivity contribution in [3.8, 4) is 22.1 Å². The zero-order chi connectivity index (χ0) is 20.1. The molecular weight excluding hydrogens is 378 g/mol. The summed E-state index contributed by atoms with van der Waals surface area (Å²) in [5.74, 6) is 0.0533. The highest BCUT2D eigenvalue weighted by atomic mass is 32.1. The number of aromatic nitrogens is 1.